The molecule has 1 unspecified atom stereocenters. The van der Waals surface area contributed by atoms with Crippen LogP contribution in [0.25, 0.3) is 0 Å². The minimum absolute atomic E-state index is 0.0582. The molecule has 1 fully saturated rings. The first-order valence-corrected chi connectivity index (χ1v) is 6.27. The molecule has 0 saturated carbocycles. The number of amides is 1. The zero-order valence-corrected chi connectivity index (χ0v) is 10.7. The summed E-state index contributed by atoms with van der Waals surface area (Å²) in [5.74, 6) is -1.04. The molecular formula is C14H16N2O3. The van der Waals surface area contributed by atoms with Crippen LogP contribution in [-0.2, 0) is 14.3 Å². The largest absolute Gasteiger partial charge is 0.460 e. The fourth-order valence-corrected chi connectivity index (χ4v) is 2.06. The van der Waals surface area contributed by atoms with Crippen molar-refractivity contribution in [3.8, 4) is 0 Å². The van der Waals surface area contributed by atoms with Crippen LogP contribution in [0.15, 0.2) is 24.3 Å². The van der Waals surface area contributed by atoms with Crippen molar-refractivity contribution in [2.45, 2.75) is 25.7 Å². The van der Waals surface area contributed by atoms with E-state index in [9.17, 15) is 9.59 Å². The van der Waals surface area contributed by atoms with Crippen LogP contribution >= 0.6 is 0 Å². The summed E-state index contributed by atoms with van der Waals surface area (Å²) in [4.78, 5) is 22.9. The van der Waals surface area contributed by atoms with E-state index in [1.807, 2.05) is 25.1 Å². The maximum absolute atomic E-state index is 11.7. The van der Waals surface area contributed by atoms with E-state index in [2.05, 4.69) is 5.32 Å². The number of para-hydroxylation sites is 1. The lowest BCUT2D eigenvalue weighted by Crippen LogP contribution is -2.17. The summed E-state index contributed by atoms with van der Waals surface area (Å²) >= 11 is 0. The van der Waals surface area contributed by atoms with E-state index in [4.69, 9.17) is 10.1 Å². The predicted molar refractivity (Wildman–Crippen MR) is 71.4 cm³/mol. The molecule has 1 heterocycles. The molecule has 0 bridgehead atoms. The molecule has 1 aliphatic heterocycles. The molecule has 1 saturated heterocycles. The highest BCUT2D eigenvalue weighted by molar-refractivity contribution is 6.39. The van der Waals surface area contributed by atoms with Crippen LogP contribution in [0.1, 0.15) is 31.2 Å². The van der Waals surface area contributed by atoms with Gasteiger partial charge >= 0.3 is 5.97 Å². The number of esters is 1. The minimum atomic E-state index is -0.584. The highest BCUT2D eigenvalue weighted by Gasteiger charge is 2.33. The highest BCUT2D eigenvalue weighted by atomic mass is 16.5. The topological polar surface area (TPSA) is 79.2 Å². The van der Waals surface area contributed by atoms with Gasteiger partial charge < -0.3 is 10.1 Å². The van der Waals surface area contributed by atoms with E-state index in [1.165, 1.54) is 0 Å². The molecule has 2 rings (SSSR count). The summed E-state index contributed by atoms with van der Waals surface area (Å²) in [5, 5.41) is 10.5. The van der Waals surface area contributed by atoms with E-state index in [1.54, 1.807) is 6.07 Å². The summed E-state index contributed by atoms with van der Waals surface area (Å²) in [6, 6.07) is 7.22. The summed E-state index contributed by atoms with van der Waals surface area (Å²) in [7, 11) is 0. The zero-order chi connectivity index (χ0) is 13.8. The van der Waals surface area contributed by atoms with Crippen molar-refractivity contribution in [3.05, 3.63) is 29.8 Å². The van der Waals surface area contributed by atoms with Crippen molar-refractivity contribution in [1.82, 2.24) is 0 Å². The SMILES string of the molecule is CCCC(=O)Nc1ccccc1C1COC(=O)C1=N. The Bertz CT molecular complexity index is 525. The molecule has 0 aliphatic carbocycles. The molecule has 0 aromatic heterocycles. The van der Waals surface area contributed by atoms with Gasteiger partial charge in [-0.2, -0.15) is 0 Å². The second kappa shape index (κ2) is 5.65. The number of hydrogen-bond acceptors (Lipinski definition) is 4. The molecule has 0 radical (unpaired) electrons. The second-order valence-electron chi connectivity index (χ2n) is 4.45. The van der Waals surface area contributed by atoms with Gasteiger partial charge in [-0.25, -0.2) is 4.79 Å². The molecular weight excluding hydrogens is 244 g/mol. The Kier molecular flexibility index (Phi) is 3.94. The molecule has 2 N–H and O–H groups in total. The van der Waals surface area contributed by atoms with Gasteiger partial charge in [0, 0.05) is 12.1 Å². The minimum Gasteiger partial charge on any atom is -0.460 e. The van der Waals surface area contributed by atoms with Crippen molar-refractivity contribution >= 4 is 23.3 Å². The second-order valence-corrected chi connectivity index (χ2v) is 4.45. The van der Waals surface area contributed by atoms with Gasteiger partial charge in [0.2, 0.25) is 5.91 Å². The molecule has 1 aromatic carbocycles. The molecule has 100 valence electrons. The first kappa shape index (κ1) is 13.3. The molecule has 1 aromatic rings. The standard InChI is InChI=1S/C14H16N2O3/c1-2-5-12(17)16-11-7-4-3-6-9(11)10-8-19-14(18)13(10)15/h3-4,6-7,10,15H,2,5,8H2,1H3,(H,16,17). The lowest BCUT2D eigenvalue weighted by atomic mass is 9.95. The number of rotatable bonds is 4. The molecule has 5 nitrogen and oxygen atoms in total. The average Bonchev–Trinajstić information content (AvgIpc) is 2.71. The van der Waals surface area contributed by atoms with Crippen LogP contribution in [0.5, 0.6) is 0 Å². The molecule has 1 aliphatic rings. The number of ether oxygens (including phenoxy) is 1. The third kappa shape index (κ3) is 2.81. The highest BCUT2D eigenvalue weighted by Crippen LogP contribution is 2.29. The fraction of sp³-hybridized carbons (Fsp3) is 0.357. The van der Waals surface area contributed by atoms with Crippen LogP contribution in [0.2, 0.25) is 0 Å². The zero-order valence-electron chi connectivity index (χ0n) is 10.7. The quantitative estimate of drug-likeness (QED) is 0.813. The van der Waals surface area contributed by atoms with Crippen molar-refractivity contribution in [2.75, 3.05) is 11.9 Å². The Labute approximate surface area is 111 Å². The lowest BCUT2D eigenvalue weighted by molar-refractivity contribution is -0.132. The Balaban J connectivity index is 2.24. The van der Waals surface area contributed by atoms with Gasteiger partial charge in [0.15, 0.2) is 0 Å². The molecule has 1 atom stereocenters. The van der Waals surface area contributed by atoms with Crippen LogP contribution in [0.3, 0.4) is 0 Å². The van der Waals surface area contributed by atoms with Crippen LogP contribution < -0.4 is 5.32 Å². The van der Waals surface area contributed by atoms with Crippen LogP contribution in [0.4, 0.5) is 5.69 Å². The summed E-state index contributed by atoms with van der Waals surface area (Å²) < 4.78 is 4.86. The number of hydrogen-bond donors (Lipinski definition) is 2. The number of carbonyl (C=O) groups is 2. The third-order valence-electron chi connectivity index (χ3n) is 3.04. The molecule has 0 spiro atoms. The third-order valence-corrected chi connectivity index (χ3v) is 3.04. The van der Waals surface area contributed by atoms with Crippen molar-refractivity contribution < 1.29 is 14.3 Å². The summed E-state index contributed by atoms with van der Waals surface area (Å²) in [6.45, 7) is 2.10. The maximum Gasteiger partial charge on any atom is 0.352 e. The van der Waals surface area contributed by atoms with E-state index in [0.717, 1.165) is 12.0 Å². The Morgan fingerprint density at radius 2 is 2.21 bits per heavy atom. The van der Waals surface area contributed by atoms with Gasteiger partial charge in [0.25, 0.3) is 0 Å². The number of benzene rings is 1. The fourth-order valence-electron chi connectivity index (χ4n) is 2.06. The van der Waals surface area contributed by atoms with E-state index < -0.39 is 11.9 Å². The smallest absolute Gasteiger partial charge is 0.352 e. The van der Waals surface area contributed by atoms with Crippen LogP contribution in [-0.4, -0.2) is 24.2 Å². The normalized spacial score (nSPS) is 18.3. The molecule has 19 heavy (non-hydrogen) atoms. The van der Waals surface area contributed by atoms with Crippen molar-refractivity contribution in [1.29, 1.82) is 5.41 Å². The first-order valence-electron chi connectivity index (χ1n) is 6.27. The number of cyclic esters (lactones) is 1. The summed E-state index contributed by atoms with van der Waals surface area (Å²) in [6.07, 6.45) is 1.22. The van der Waals surface area contributed by atoms with Crippen molar-refractivity contribution in [2.24, 2.45) is 0 Å². The van der Waals surface area contributed by atoms with Crippen molar-refractivity contribution in [3.63, 3.8) is 0 Å². The first-order chi connectivity index (χ1) is 9.13. The van der Waals surface area contributed by atoms with Gasteiger partial charge in [0.1, 0.15) is 12.3 Å². The maximum atomic E-state index is 11.7. The number of nitrogens with one attached hydrogen (secondary N) is 2. The average molecular weight is 260 g/mol. The van der Waals surface area contributed by atoms with Gasteiger partial charge in [-0.15, -0.1) is 0 Å². The Hall–Kier alpha value is -2.17. The van der Waals surface area contributed by atoms with E-state index in [-0.39, 0.29) is 18.2 Å². The van der Waals surface area contributed by atoms with Gasteiger partial charge in [0.05, 0.1) is 5.92 Å². The van der Waals surface area contributed by atoms with E-state index >= 15 is 0 Å². The Morgan fingerprint density at radius 3 is 2.84 bits per heavy atom. The van der Waals surface area contributed by atoms with Gasteiger partial charge in [-0.3, -0.25) is 10.2 Å². The molecule has 5 heteroatoms. The predicted octanol–water partition coefficient (Wildman–Crippen LogP) is 2.09. The monoisotopic (exact) mass is 260 g/mol. The summed E-state index contributed by atoms with van der Waals surface area (Å²) in [5.41, 5.74) is 1.34. The lowest BCUT2D eigenvalue weighted by Gasteiger charge is -2.14. The van der Waals surface area contributed by atoms with Crippen LogP contribution in [0, 0.1) is 5.41 Å². The van der Waals surface area contributed by atoms with E-state index in [0.29, 0.717) is 12.1 Å². The number of carbonyl (C=O) groups excluding carboxylic acids is 2. The molecule has 1 amide bonds. The Morgan fingerprint density at radius 1 is 1.47 bits per heavy atom. The van der Waals surface area contributed by atoms with Gasteiger partial charge in [-0.1, -0.05) is 25.1 Å². The van der Waals surface area contributed by atoms with Gasteiger partial charge in [-0.05, 0) is 18.1 Å². The number of anilines is 1.